The van der Waals surface area contributed by atoms with E-state index in [0.717, 1.165) is 4.47 Å². The van der Waals surface area contributed by atoms with E-state index in [-0.39, 0.29) is 12.5 Å². The summed E-state index contributed by atoms with van der Waals surface area (Å²) in [5.74, 6) is -0.197. The predicted molar refractivity (Wildman–Crippen MR) is 54.5 cm³/mol. The van der Waals surface area contributed by atoms with Gasteiger partial charge in [0.1, 0.15) is 5.15 Å². The Morgan fingerprint density at radius 1 is 1.64 bits per heavy atom. The van der Waals surface area contributed by atoms with Gasteiger partial charge in [0, 0.05) is 10.5 Å². The van der Waals surface area contributed by atoms with Crippen LogP contribution in [0.2, 0.25) is 5.15 Å². The van der Waals surface area contributed by atoms with Gasteiger partial charge in [0.05, 0.1) is 7.11 Å². The van der Waals surface area contributed by atoms with Gasteiger partial charge in [0.2, 0.25) is 5.88 Å². The third-order valence-corrected chi connectivity index (χ3v) is 1.95. The molecule has 0 N–H and O–H groups in total. The quantitative estimate of drug-likeness (QED) is 0.628. The van der Waals surface area contributed by atoms with Crippen molar-refractivity contribution in [2.24, 2.45) is 0 Å². The lowest BCUT2D eigenvalue weighted by atomic mass is 10.5. The summed E-state index contributed by atoms with van der Waals surface area (Å²) in [5, 5.41) is 0.291. The first kappa shape index (κ1) is 11.3. The first-order valence-electron chi connectivity index (χ1n) is 3.64. The summed E-state index contributed by atoms with van der Waals surface area (Å²) < 4.78 is 10.1. The van der Waals surface area contributed by atoms with Crippen LogP contribution in [0.3, 0.4) is 0 Å². The largest absolute Gasteiger partial charge is 0.466 e. The second kappa shape index (κ2) is 5.17. The van der Waals surface area contributed by atoms with Crippen molar-refractivity contribution in [1.82, 2.24) is 4.98 Å². The Hall–Kier alpha value is -0.810. The smallest absolute Gasteiger partial charge is 0.343 e. The molecule has 1 aromatic heterocycles. The SMILES string of the molecule is COC(=O)COc1cc(Br)cc(Cl)n1. The molecule has 1 aromatic rings. The molecular formula is C8H7BrClNO3. The van der Waals surface area contributed by atoms with Crippen LogP contribution in [0.15, 0.2) is 16.6 Å². The minimum atomic E-state index is -0.470. The van der Waals surface area contributed by atoms with Gasteiger partial charge in [0.15, 0.2) is 6.61 Å². The van der Waals surface area contributed by atoms with Gasteiger partial charge in [-0.25, -0.2) is 9.78 Å². The molecule has 0 saturated heterocycles. The maximum atomic E-state index is 10.7. The monoisotopic (exact) mass is 279 g/mol. The normalized spacial score (nSPS) is 9.64. The van der Waals surface area contributed by atoms with Crippen molar-refractivity contribution in [1.29, 1.82) is 0 Å². The number of carbonyl (C=O) groups excluding carboxylic acids is 1. The molecule has 0 saturated carbocycles. The number of ether oxygens (including phenoxy) is 2. The molecule has 0 bridgehead atoms. The van der Waals surface area contributed by atoms with Crippen LogP contribution in [0, 0.1) is 0 Å². The third-order valence-electron chi connectivity index (χ3n) is 1.30. The summed E-state index contributed by atoms with van der Waals surface area (Å²) in [6.07, 6.45) is 0. The lowest BCUT2D eigenvalue weighted by molar-refractivity contribution is -0.143. The van der Waals surface area contributed by atoms with Crippen molar-refractivity contribution in [2.45, 2.75) is 0 Å². The highest BCUT2D eigenvalue weighted by Crippen LogP contribution is 2.20. The fraction of sp³-hybridized carbons (Fsp3) is 0.250. The fourth-order valence-corrected chi connectivity index (χ4v) is 1.45. The van der Waals surface area contributed by atoms with E-state index in [1.54, 1.807) is 12.1 Å². The third kappa shape index (κ3) is 3.51. The summed E-state index contributed by atoms with van der Waals surface area (Å²) in [4.78, 5) is 14.6. The van der Waals surface area contributed by atoms with E-state index in [4.69, 9.17) is 16.3 Å². The molecule has 1 rings (SSSR count). The molecule has 0 fully saturated rings. The molecule has 0 aromatic carbocycles. The number of carbonyl (C=O) groups is 1. The number of nitrogens with zero attached hydrogens (tertiary/aromatic N) is 1. The predicted octanol–water partition coefficient (Wildman–Crippen LogP) is 2.05. The Balaban J connectivity index is 2.63. The zero-order valence-electron chi connectivity index (χ0n) is 7.29. The molecule has 0 amide bonds. The van der Waals surface area contributed by atoms with Crippen molar-refractivity contribution >= 4 is 33.5 Å². The molecule has 1 heterocycles. The Kier molecular flexibility index (Phi) is 4.16. The number of methoxy groups -OCH3 is 1. The number of rotatable bonds is 3. The lowest BCUT2D eigenvalue weighted by Crippen LogP contribution is -2.13. The molecule has 0 spiro atoms. The molecule has 0 aliphatic heterocycles. The number of hydrogen-bond donors (Lipinski definition) is 0. The molecular weight excluding hydrogens is 273 g/mol. The molecule has 0 radical (unpaired) electrons. The molecule has 6 heteroatoms. The van der Waals surface area contributed by atoms with E-state index in [0.29, 0.717) is 5.15 Å². The van der Waals surface area contributed by atoms with Crippen molar-refractivity contribution in [3.8, 4) is 5.88 Å². The zero-order chi connectivity index (χ0) is 10.6. The minimum Gasteiger partial charge on any atom is -0.466 e. The summed E-state index contributed by atoms with van der Waals surface area (Å²) in [7, 11) is 1.28. The van der Waals surface area contributed by atoms with Gasteiger partial charge in [-0.1, -0.05) is 27.5 Å². The van der Waals surface area contributed by atoms with Crippen LogP contribution >= 0.6 is 27.5 Å². The maximum absolute atomic E-state index is 10.7. The van der Waals surface area contributed by atoms with Gasteiger partial charge in [-0.3, -0.25) is 0 Å². The lowest BCUT2D eigenvalue weighted by Gasteiger charge is -2.04. The van der Waals surface area contributed by atoms with Gasteiger partial charge in [-0.15, -0.1) is 0 Å². The Morgan fingerprint density at radius 3 is 2.93 bits per heavy atom. The van der Waals surface area contributed by atoms with E-state index < -0.39 is 5.97 Å². The number of hydrogen-bond acceptors (Lipinski definition) is 4. The molecule has 0 atom stereocenters. The molecule has 14 heavy (non-hydrogen) atoms. The first-order chi connectivity index (χ1) is 6.61. The van der Waals surface area contributed by atoms with E-state index >= 15 is 0 Å². The van der Waals surface area contributed by atoms with Crippen LogP contribution in [0.1, 0.15) is 0 Å². The second-order valence-electron chi connectivity index (χ2n) is 2.31. The van der Waals surface area contributed by atoms with Crippen molar-refractivity contribution in [3.63, 3.8) is 0 Å². The average Bonchev–Trinajstić information content (AvgIpc) is 2.12. The first-order valence-corrected chi connectivity index (χ1v) is 4.81. The highest BCUT2D eigenvalue weighted by Gasteiger charge is 2.04. The topological polar surface area (TPSA) is 48.4 Å². The van der Waals surface area contributed by atoms with Gasteiger partial charge in [-0.05, 0) is 6.07 Å². The molecule has 0 unspecified atom stereocenters. The van der Waals surface area contributed by atoms with Gasteiger partial charge in [-0.2, -0.15) is 0 Å². The number of esters is 1. The van der Waals surface area contributed by atoms with E-state index in [1.165, 1.54) is 7.11 Å². The van der Waals surface area contributed by atoms with Crippen LogP contribution in [-0.4, -0.2) is 24.7 Å². The van der Waals surface area contributed by atoms with Crippen molar-refractivity contribution in [2.75, 3.05) is 13.7 Å². The molecule has 0 aliphatic rings. The summed E-state index contributed by atoms with van der Waals surface area (Å²) in [6, 6.07) is 3.22. The van der Waals surface area contributed by atoms with Crippen LogP contribution in [0.4, 0.5) is 0 Å². The van der Waals surface area contributed by atoms with Crippen molar-refractivity contribution < 1.29 is 14.3 Å². The summed E-state index contributed by atoms with van der Waals surface area (Å²) in [6.45, 7) is -0.184. The number of halogens is 2. The average molecular weight is 281 g/mol. The Labute approximate surface area is 94.3 Å². The maximum Gasteiger partial charge on any atom is 0.343 e. The summed E-state index contributed by atoms with van der Waals surface area (Å²) >= 11 is 8.88. The highest BCUT2D eigenvalue weighted by molar-refractivity contribution is 9.10. The van der Waals surface area contributed by atoms with Gasteiger partial charge >= 0.3 is 5.97 Å². The van der Waals surface area contributed by atoms with E-state index in [9.17, 15) is 4.79 Å². The minimum absolute atomic E-state index is 0.184. The molecule has 76 valence electrons. The standard InChI is InChI=1S/C8H7BrClNO3/c1-13-8(12)4-14-7-3-5(9)2-6(10)11-7/h2-3H,4H2,1H3. The van der Waals surface area contributed by atoms with Crippen LogP contribution in [-0.2, 0) is 9.53 Å². The molecule has 0 aliphatic carbocycles. The van der Waals surface area contributed by atoms with Gasteiger partial charge < -0.3 is 9.47 Å². The number of aromatic nitrogens is 1. The highest BCUT2D eigenvalue weighted by atomic mass is 79.9. The number of pyridine rings is 1. The van der Waals surface area contributed by atoms with Crippen LogP contribution in [0.5, 0.6) is 5.88 Å². The molecule has 4 nitrogen and oxygen atoms in total. The van der Waals surface area contributed by atoms with Crippen LogP contribution in [0.25, 0.3) is 0 Å². The van der Waals surface area contributed by atoms with Crippen molar-refractivity contribution in [3.05, 3.63) is 21.8 Å². The van der Waals surface area contributed by atoms with Crippen LogP contribution < -0.4 is 4.74 Å². The van der Waals surface area contributed by atoms with Gasteiger partial charge in [0.25, 0.3) is 0 Å². The fourth-order valence-electron chi connectivity index (χ4n) is 0.709. The summed E-state index contributed by atoms with van der Waals surface area (Å²) in [5.41, 5.74) is 0. The Morgan fingerprint density at radius 2 is 2.36 bits per heavy atom. The Bertz CT molecular complexity index is 325. The zero-order valence-corrected chi connectivity index (χ0v) is 9.63. The van der Waals surface area contributed by atoms with E-state index in [1.807, 2.05) is 0 Å². The van der Waals surface area contributed by atoms with E-state index in [2.05, 4.69) is 25.7 Å². The second-order valence-corrected chi connectivity index (χ2v) is 3.61.